The van der Waals surface area contributed by atoms with Crippen molar-refractivity contribution in [2.24, 2.45) is 0 Å². The highest BCUT2D eigenvalue weighted by Gasteiger charge is 2.04. The Morgan fingerprint density at radius 2 is 2.31 bits per heavy atom. The molecule has 0 saturated carbocycles. The molecular weight excluding hydrogens is 206 g/mol. The van der Waals surface area contributed by atoms with Crippen LogP contribution in [0.2, 0.25) is 0 Å². The van der Waals surface area contributed by atoms with Gasteiger partial charge in [-0.1, -0.05) is 0 Å². The number of ether oxygens (including phenoxy) is 1. The molecule has 1 rings (SSSR count). The Kier molecular flexibility index (Phi) is 4.98. The van der Waals surface area contributed by atoms with Gasteiger partial charge >= 0.3 is 5.97 Å². The van der Waals surface area contributed by atoms with E-state index >= 15 is 0 Å². The second-order valence-corrected chi connectivity index (χ2v) is 3.80. The fraction of sp³-hybridized carbons (Fsp3) is 0.636. The van der Waals surface area contributed by atoms with Gasteiger partial charge in [-0.25, -0.2) is 4.98 Å². The number of carbonyl (C=O) groups excluding carboxylic acids is 1. The molecule has 0 aliphatic carbocycles. The Morgan fingerprint density at radius 3 is 2.88 bits per heavy atom. The van der Waals surface area contributed by atoms with Gasteiger partial charge in [-0.3, -0.25) is 4.79 Å². The average Bonchev–Trinajstić information content (AvgIpc) is 2.69. The first-order valence-electron chi connectivity index (χ1n) is 5.36. The molecule has 0 unspecified atom stereocenters. The van der Waals surface area contributed by atoms with E-state index in [1.807, 2.05) is 20.2 Å². The van der Waals surface area contributed by atoms with Crippen molar-refractivity contribution in [3.8, 4) is 0 Å². The molecule has 1 aromatic heterocycles. The number of methoxy groups -OCH3 is 1. The number of aromatic nitrogens is 2. The number of nitrogens with zero attached hydrogens (tertiary/aromatic N) is 3. The van der Waals surface area contributed by atoms with Gasteiger partial charge in [0.2, 0.25) is 0 Å². The van der Waals surface area contributed by atoms with Crippen LogP contribution in [0, 0.1) is 6.92 Å². The van der Waals surface area contributed by atoms with Gasteiger partial charge in [-0.15, -0.1) is 0 Å². The molecule has 90 valence electrons. The molecule has 0 N–H and O–H groups in total. The minimum absolute atomic E-state index is 0.161. The van der Waals surface area contributed by atoms with E-state index in [4.69, 9.17) is 0 Å². The Balaban J connectivity index is 2.22. The zero-order chi connectivity index (χ0) is 12.0. The molecule has 0 atom stereocenters. The maximum absolute atomic E-state index is 10.9. The second kappa shape index (κ2) is 6.27. The van der Waals surface area contributed by atoms with E-state index in [9.17, 15) is 4.79 Å². The summed E-state index contributed by atoms with van der Waals surface area (Å²) in [6.07, 6.45) is 4.20. The monoisotopic (exact) mass is 225 g/mol. The zero-order valence-corrected chi connectivity index (χ0v) is 10.1. The third kappa shape index (κ3) is 4.02. The van der Waals surface area contributed by atoms with Crippen LogP contribution in [0.15, 0.2) is 12.4 Å². The van der Waals surface area contributed by atoms with Crippen LogP contribution in [-0.2, 0) is 16.1 Å². The van der Waals surface area contributed by atoms with E-state index in [-0.39, 0.29) is 5.97 Å². The molecule has 0 bridgehead atoms. The number of imidazole rings is 1. The lowest BCUT2D eigenvalue weighted by atomic mass is 10.4. The highest BCUT2D eigenvalue weighted by Crippen LogP contribution is 1.97. The van der Waals surface area contributed by atoms with E-state index in [2.05, 4.69) is 19.2 Å². The third-order valence-corrected chi connectivity index (χ3v) is 2.57. The molecular formula is C11H19N3O2. The van der Waals surface area contributed by atoms with Gasteiger partial charge in [0.1, 0.15) is 5.82 Å². The smallest absolute Gasteiger partial charge is 0.306 e. The van der Waals surface area contributed by atoms with Crippen molar-refractivity contribution in [2.75, 3.05) is 27.2 Å². The molecule has 5 nitrogen and oxygen atoms in total. The number of hydrogen-bond donors (Lipinski definition) is 0. The molecule has 5 heteroatoms. The number of rotatable bonds is 6. The van der Waals surface area contributed by atoms with Gasteiger partial charge < -0.3 is 14.2 Å². The Hall–Kier alpha value is -1.36. The van der Waals surface area contributed by atoms with E-state index in [1.54, 1.807) is 6.20 Å². The van der Waals surface area contributed by atoms with E-state index in [0.717, 1.165) is 25.5 Å². The summed E-state index contributed by atoms with van der Waals surface area (Å²) >= 11 is 0. The zero-order valence-electron chi connectivity index (χ0n) is 10.1. The largest absolute Gasteiger partial charge is 0.469 e. The third-order valence-electron chi connectivity index (χ3n) is 2.57. The molecule has 0 saturated heterocycles. The highest BCUT2D eigenvalue weighted by atomic mass is 16.5. The van der Waals surface area contributed by atoms with Crippen molar-refractivity contribution in [3.63, 3.8) is 0 Å². The molecule has 0 radical (unpaired) electrons. The van der Waals surface area contributed by atoms with Crippen LogP contribution in [-0.4, -0.2) is 47.7 Å². The van der Waals surface area contributed by atoms with Crippen molar-refractivity contribution >= 4 is 5.97 Å². The number of likely N-dealkylation sites (N-methyl/N-ethyl adjacent to an activating group) is 1. The van der Waals surface area contributed by atoms with Crippen LogP contribution < -0.4 is 0 Å². The summed E-state index contributed by atoms with van der Waals surface area (Å²) in [5, 5.41) is 0. The average molecular weight is 225 g/mol. The highest BCUT2D eigenvalue weighted by molar-refractivity contribution is 5.69. The Morgan fingerprint density at radius 1 is 1.56 bits per heavy atom. The fourth-order valence-electron chi connectivity index (χ4n) is 1.41. The summed E-state index contributed by atoms with van der Waals surface area (Å²) < 4.78 is 6.68. The number of hydrogen-bond acceptors (Lipinski definition) is 4. The normalized spacial score (nSPS) is 10.8. The van der Waals surface area contributed by atoms with Crippen LogP contribution in [0.3, 0.4) is 0 Å². The van der Waals surface area contributed by atoms with Crippen molar-refractivity contribution in [1.29, 1.82) is 0 Å². The minimum atomic E-state index is -0.161. The number of aryl methyl sites for hydroxylation is 1. The van der Waals surface area contributed by atoms with Crippen molar-refractivity contribution in [3.05, 3.63) is 18.2 Å². The van der Waals surface area contributed by atoms with Gasteiger partial charge in [0.15, 0.2) is 0 Å². The van der Waals surface area contributed by atoms with Crippen molar-refractivity contribution in [2.45, 2.75) is 19.9 Å². The molecule has 1 aromatic rings. The second-order valence-electron chi connectivity index (χ2n) is 3.80. The van der Waals surface area contributed by atoms with Crippen molar-refractivity contribution in [1.82, 2.24) is 14.5 Å². The summed E-state index contributed by atoms with van der Waals surface area (Å²) in [4.78, 5) is 17.2. The maximum Gasteiger partial charge on any atom is 0.306 e. The summed E-state index contributed by atoms with van der Waals surface area (Å²) in [5.74, 6) is 0.854. The SMILES string of the molecule is COC(=O)CCN(C)CCn1ccnc1C. The van der Waals surface area contributed by atoms with Crippen LogP contribution in [0.4, 0.5) is 0 Å². The first kappa shape index (κ1) is 12.7. The lowest BCUT2D eigenvalue weighted by molar-refractivity contribution is -0.140. The molecule has 0 aliphatic heterocycles. The summed E-state index contributed by atoms with van der Waals surface area (Å²) in [6, 6.07) is 0. The fourth-order valence-corrected chi connectivity index (χ4v) is 1.41. The predicted molar refractivity (Wildman–Crippen MR) is 61.1 cm³/mol. The quantitative estimate of drug-likeness (QED) is 0.668. The van der Waals surface area contributed by atoms with Gasteiger partial charge in [-0.05, 0) is 14.0 Å². The van der Waals surface area contributed by atoms with Crippen LogP contribution >= 0.6 is 0 Å². The van der Waals surface area contributed by atoms with Gasteiger partial charge in [0, 0.05) is 32.0 Å². The first-order chi connectivity index (χ1) is 7.63. The van der Waals surface area contributed by atoms with Crippen LogP contribution in [0.5, 0.6) is 0 Å². The Labute approximate surface area is 96.0 Å². The summed E-state index contributed by atoms with van der Waals surface area (Å²) in [5.41, 5.74) is 0. The lowest BCUT2D eigenvalue weighted by Gasteiger charge is -2.16. The molecule has 0 aromatic carbocycles. The molecule has 0 fully saturated rings. The molecule has 16 heavy (non-hydrogen) atoms. The first-order valence-corrected chi connectivity index (χ1v) is 5.36. The van der Waals surface area contributed by atoms with Crippen molar-refractivity contribution < 1.29 is 9.53 Å². The van der Waals surface area contributed by atoms with Gasteiger partial charge in [0.25, 0.3) is 0 Å². The van der Waals surface area contributed by atoms with Gasteiger partial charge in [-0.2, -0.15) is 0 Å². The van der Waals surface area contributed by atoms with Crippen LogP contribution in [0.1, 0.15) is 12.2 Å². The summed E-state index contributed by atoms with van der Waals surface area (Å²) in [6.45, 7) is 4.49. The predicted octanol–water partition coefficient (Wildman–Crippen LogP) is 0.686. The number of carbonyl (C=O) groups is 1. The van der Waals surface area contributed by atoms with E-state index in [0.29, 0.717) is 6.42 Å². The maximum atomic E-state index is 10.9. The number of esters is 1. The van der Waals surface area contributed by atoms with Crippen LogP contribution in [0.25, 0.3) is 0 Å². The molecule has 0 spiro atoms. The standard InChI is InChI=1S/C11H19N3O2/c1-10-12-5-7-14(10)9-8-13(2)6-4-11(15)16-3/h5,7H,4,6,8-9H2,1-3H3. The topological polar surface area (TPSA) is 47.4 Å². The van der Waals surface area contributed by atoms with Gasteiger partial charge in [0.05, 0.1) is 13.5 Å². The van der Waals surface area contributed by atoms with E-state index < -0.39 is 0 Å². The molecule has 0 amide bonds. The minimum Gasteiger partial charge on any atom is -0.469 e. The summed E-state index contributed by atoms with van der Waals surface area (Å²) in [7, 11) is 3.41. The molecule has 1 heterocycles. The van der Waals surface area contributed by atoms with E-state index in [1.165, 1.54) is 7.11 Å². The Bertz CT molecular complexity index is 336. The lowest BCUT2D eigenvalue weighted by Crippen LogP contribution is -2.26. The molecule has 0 aliphatic rings.